The summed E-state index contributed by atoms with van der Waals surface area (Å²) in [7, 11) is 0. The molecule has 3 rings (SSSR count). The minimum Gasteiger partial charge on any atom is -0.459 e. The van der Waals surface area contributed by atoms with Crippen molar-refractivity contribution in [1.82, 2.24) is 10.6 Å². The molecule has 1 fully saturated rings. The zero-order valence-corrected chi connectivity index (χ0v) is 16.5. The van der Waals surface area contributed by atoms with Crippen LogP contribution in [0.1, 0.15) is 64.7 Å². The van der Waals surface area contributed by atoms with Gasteiger partial charge in [-0.3, -0.25) is 9.59 Å². The highest BCUT2D eigenvalue weighted by Crippen LogP contribution is 2.25. The molecule has 0 bridgehead atoms. The Hall–Kier alpha value is -2.30. The summed E-state index contributed by atoms with van der Waals surface area (Å²) >= 11 is 0. The van der Waals surface area contributed by atoms with Crippen molar-refractivity contribution in [2.24, 2.45) is 11.8 Å². The van der Waals surface area contributed by atoms with Gasteiger partial charge in [-0.1, -0.05) is 51.3 Å². The highest BCUT2D eigenvalue weighted by molar-refractivity contribution is 5.89. The van der Waals surface area contributed by atoms with Gasteiger partial charge in [0.1, 0.15) is 17.4 Å². The van der Waals surface area contributed by atoms with Gasteiger partial charge in [-0.15, -0.1) is 0 Å². The minimum atomic E-state index is -0.536. The molecule has 1 aliphatic carbocycles. The Kier molecular flexibility index (Phi) is 6.19. The van der Waals surface area contributed by atoms with Gasteiger partial charge in [0, 0.05) is 11.3 Å². The predicted octanol–water partition coefficient (Wildman–Crippen LogP) is 4.33. The molecule has 0 unspecified atom stereocenters. The Morgan fingerprint density at radius 3 is 2.41 bits per heavy atom. The highest BCUT2D eigenvalue weighted by Gasteiger charge is 2.29. The lowest BCUT2D eigenvalue weighted by molar-refractivity contribution is -0.133. The molecule has 1 heterocycles. The topological polar surface area (TPSA) is 71.3 Å². The molecule has 2 atom stereocenters. The largest absolute Gasteiger partial charge is 0.459 e. The van der Waals surface area contributed by atoms with Crippen molar-refractivity contribution in [3.63, 3.8) is 0 Å². The molecule has 146 valence electrons. The number of carbonyl (C=O) groups excluding carboxylic acids is 2. The summed E-state index contributed by atoms with van der Waals surface area (Å²) < 4.78 is 5.85. The van der Waals surface area contributed by atoms with Crippen molar-refractivity contribution in [2.45, 2.75) is 65.0 Å². The SMILES string of the molecule is CC(C)[C@@H](NC(=O)C1CCCCC1)C(=O)N[C@H](C)c1cc2ccccc2o1. The summed E-state index contributed by atoms with van der Waals surface area (Å²) in [5.41, 5.74) is 0.805. The summed E-state index contributed by atoms with van der Waals surface area (Å²) in [5.74, 6) is 0.619. The molecular weight excluding hydrogens is 340 g/mol. The first-order valence-electron chi connectivity index (χ1n) is 10.0. The minimum absolute atomic E-state index is 0.0138. The van der Waals surface area contributed by atoms with Crippen LogP contribution in [0.2, 0.25) is 0 Å². The zero-order chi connectivity index (χ0) is 19.4. The number of rotatable bonds is 6. The van der Waals surface area contributed by atoms with Crippen molar-refractivity contribution in [3.05, 3.63) is 36.1 Å². The van der Waals surface area contributed by atoms with Gasteiger partial charge in [0.15, 0.2) is 0 Å². The molecule has 1 aromatic heterocycles. The molecule has 0 aliphatic heterocycles. The molecule has 1 aromatic carbocycles. The van der Waals surface area contributed by atoms with Crippen LogP contribution in [-0.4, -0.2) is 17.9 Å². The third-order valence-corrected chi connectivity index (χ3v) is 5.45. The maximum absolute atomic E-state index is 12.8. The van der Waals surface area contributed by atoms with E-state index < -0.39 is 6.04 Å². The van der Waals surface area contributed by atoms with E-state index in [0.717, 1.165) is 36.7 Å². The summed E-state index contributed by atoms with van der Waals surface area (Å²) in [6, 6.07) is 8.93. The summed E-state index contributed by atoms with van der Waals surface area (Å²) in [6.07, 6.45) is 5.24. The van der Waals surface area contributed by atoms with Crippen LogP contribution in [0.3, 0.4) is 0 Å². The molecule has 0 saturated heterocycles. The third kappa shape index (κ3) is 4.71. The Balaban J connectivity index is 1.64. The molecule has 2 aromatic rings. The van der Waals surface area contributed by atoms with Crippen molar-refractivity contribution in [2.75, 3.05) is 0 Å². The molecule has 2 amide bonds. The molecule has 0 radical (unpaired) electrons. The Labute approximate surface area is 160 Å². The summed E-state index contributed by atoms with van der Waals surface area (Å²) in [4.78, 5) is 25.4. The number of fused-ring (bicyclic) bond motifs is 1. The van der Waals surface area contributed by atoms with Crippen molar-refractivity contribution in [3.8, 4) is 0 Å². The van der Waals surface area contributed by atoms with Crippen LogP contribution in [0, 0.1) is 11.8 Å². The second kappa shape index (κ2) is 8.59. The van der Waals surface area contributed by atoms with Crippen molar-refractivity contribution < 1.29 is 14.0 Å². The van der Waals surface area contributed by atoms with E-state index >= 15 is 0 Å². The van der Waals surface area contributed by atoms with Gasteiger partial charge < -0.3 is 15.1 Å². The van der Waals surface area contributed by atoms with Crippen LogP contribution >= 0.6 is 0 Å². The predicted molar refractivity (Wildman–Crippen MR) is 106 cm³/mol. The highest BCUT2D eigenvalue weighted by atomic mass is 16.3. The van der Waals surface area contributed by atoms with E-state index in [-0.39, 0.29) is 29.7 Å². The molecule has 27 heavy (non-hydrogen) atoms. The smallest absolute Gasteiger partial charge is 0.243 e. The van der Waals surface area contributed by atoms with E-state index in [1.165, 1.54) is 6.42 Å². The van der Waals surface area contributed by atoms with Gasteiger partial charge in [-0.25, -0.2) is 0 Å². The van der Waals surface area contributed by atoms with Gasteiger partial charge in [0.25, 0.3) is 0 Å². The van der Waals surface area contributed by atoms with E-state index in [2.05, 4.69) is 10.6 Å². The summed E-state index contributed by atoms with van der Waals surface area (Å²) in [5, 5.41) is 7.00. The molecule has 1 saturated carbocycles. The normalized spacial score (nSPS) is 17.6. The van der Waals surface area contributed by atoms with Gasteiger partial charge in [-0.2, -0.15) is 0 Å². The average Bonchev–Trinajstić information content (AvgIpc) is 3.10. The first kappa shape index (κ1) is 19.5. The second-order valence-electron chi connectivity index (χ2n) is 7.98. The number of nitrogens with one attached hydrogen (secondary N) is 2. The van der Waals surface area contributed by atoms with E-state index in [9.17, 15) is 9.59 Å². The second-order valence-corrected chi connectivity index (χ2v) is 7.98. The lowest BCUT2D eigenvalue weighted by Gasteiger charge is -2.27. The van der Waals surface area contributed by atoms with Crippen LogP contribution in [-0.2, 0) is 9.59 Å². The van der Waals surface area contributed by atoms with Crippen LogP contribution in [0.25, 0.3) is 11.0 Å². The molecule has 0 spiro atoms. The monoisotopic (exact) mass is 370 g/mol. The Morgan fingerprint density at radius 2 is 1.74 bits per heavy atom. The fourth-order valence-corrected chi connectivity index (χ4v) is 3.76. The fraction of sp³-hybridized carbons (Fsp3) is 0.545. The van der Waals surface area contributed by atoms with E-state index in [4.69, 9.17) is 4.42 Å². The first-order chi connectivity index (χ1) is 13.0. The van der Waals surface area contributed by atoms with Gasteiger partial charge in [0.2, 0.25) is 11.8 Å². The quantitative estimate of drug-likeness (QED) is 0.795. The number of hydrogen-bond acceptors (Lipinski definition) is 3. The molecule has 5 nitrogen and oxygen atoms in total. The Morgan fingerprint density at radius 1 is 1.04 bits per heavy atom. The van der Waals surface area contributed by atoms with E-state index in [0.29, 0.717) is 5.76 Å². The van der Waals surface area contributed by atoms with Crippen LogP contribution in [0.15, 0.2) is 34.7 Å². The number of hydrogen-bond donors (Lipinski definition) is 2. The maximum atomic E-state index is 12.8. The number of carbonyl (C=O) groups is 2. The third-order valence-electron chi connectivity index (χ3n) is 5.45. The maximum Gasteiger partial charge on any atom is 0.243 e. The van der Waals surface area contributed by atoms with Crippen molar-refractivity contribution >= 4 is 22.8 Å². The number of benzene rings is 1. The lowest BCUT2D eigenvalue weighted by Crippen LogP contribution is -2.51. The zero-order valence-electron chi connectivity index (χ0n) is 16.5. The number of para-hydroxylation sites is 1. The van der Waals surface area contributed by atoms with E-state index in [1.54, 1.807) is 0 Å². The molecule has 5 heteroatoms. The fourth-order valence-electron chi connectivity index (χ4n) is 3.76. The number of furan rings is 1. The van der Waals surface area contributed by atoms with Gasteiger partial charge in [0.05, 0.1) is 6.04 Å². The van der Waals surface area contributed by atoms with Crippen LogP contribution < -0.4 is 10.6 Å². The van der Waals surface area contributed by atoms with Crippen LogP contribution in [0.4, 0.5) is 0 Å². The summed E-state index contributed by atoms with van der Waals surface area (Å²) in [6.45, 7) is 5.81. The Bertz CT molecular complexity index is 757. The average molecular weight is 370 g/mol. The lowest BCUT2D eigenvalue weighted by atomic mass is 9.88. The van der Waals surface area contributed by atoms with Gasteiger partial charge in [-0.05, 0) is 37.8 Å². The first-order valence-corrected chi connectivity index (χ1v) is 10.0. The number of amides is 2. The van der Waals surface area contributed by atoms with Gasteiger partial charge >= 0.3 is 0 Å². The van der Waals surface area contributed by atoms with E-state index in [1.807, 2.05) is 51.1 Å². The molecule has 2 N–H and O–H groups in total. The molecule has 1 aliphatic rings. The standard InChI is InChI=1S/C22H30N2O3/c1-14(2)20(24-21(25)16-9-5-4-6-10-16)22(26)23-15(3)19-13-17-11-7-8-12-18(17)27-19/h7-8,11-16,20H,4-6,9-10H2,1-3H3,(H,23,26)(H,24,25)/t15-,20-/m1/s1. The van der Waals surface area contributed by atoms with Crippen LogP contribution in [0.5, 0.6) is 0 Å². The molecular formula is C22H30N2O3. The van der Waals surface area contributed by atoms with Crippen molar-refractivity contribution in [1.29, 1.82) is 0 Å².